The van der Waals surface area contributed by atoms with Gasteiger partial charge in [0.15, 0.2) is 0 Å². The molecule has 3 atom stereocenters. The molecule has 4 aromatic rings. The van der Waals surface area contributed by atoms with Crippen molar-refractivity contribution in [3.8, 4) is 5.69 Å². The number of halogens is 1. The van der Waals surface area contributed by atoms with E-state index < -0.39 is 15.4 Å². The van der Waals surface area contributed by atoms with Gasteiger partial charge in [-0.15, -0.1) is 5.10 Å². The average molecular weight is 564 g/mol. The highest BCUT2D eigenvalue weighted by atomic mass is 32.2. The first-order valence-electron chi connectivity index (χ1n) is 13.6. The van der Waals surface area contributed by atoms with Crippen molar-refractivity contribution >= 4 is 26.8 Å². The van der Waals surface area contributed by atoms with Crippen LogP contribution in [0.2, 0.25) is 0 Å². The lowest BCUT2D eigenvalue weighted by Crippen LogP contribution is -2.41. The minimum Gasteiger partial charge on any atom is -0.353 e. The first-order chi connectivity index (χ1) is 19.2. The molecule has 10 nitrogen and oxygen atoms in total. The molecule has 0 unspecified atom stereocenters. The van der Waals surface area contributed by atoms with E-state index in [2.05, 4.69) is 20.6 Å². The molecule has 7 rings (SSSR count). The molecule has 0 bridgehead atoms. The highest BCUT2D eigenvalue weighted by Crippen LogP contribution is 2.65. The van der Waals surface area contributed by atoms with E-state index >= 15 is 0 Å². The molecule has 0 radical (unpaired) electrons. The second kappa shape index (κ2) is 8.93. The number of aryl methyl sites for hydroxylation is 2. The van der Waals surface area contributed by atoms with Crippen molar-refractivity contribution in [1.82, 2.24) is 34.4 Å². The minimum atomic E-state index is -3.87. The van der Waals surface area contributed by atoms with Gasteiger partial charge >= 0.3 is 0 Å². The summed E-state index contributed by atoms with van der Waals surface area (Å²) in [7, 11) is -2.29. The number of rotatable bonds is 6. The Labute approximate surface area is 231 Å². The Morgan fingerprint density at radius 1 is 1.10 bits per heavy atom. The van der Waals surface area contributed by atoms with E-state index in [1.165, 1.54) is 27.4 Å². The maximum Gasteiger partial charge on any atom is 0.264 e. The topological polar surface area (TPSA) is 115 Å². The van der Waals surface area contributed by atoms with Crippen LogP contribution in [0.25, 0.3) is 16.6 Å². The van der Waals surface area contributed by atoms with Crippen LogP contribution in [0.4, 0.5) is 4.39 Å². The maximum absolute atomic E-state index is 13.6. The molecule has 2 aromatic carbocycles. The third-order valence-corrected chi connectivity index (χ3v) is 10.7. The Hall–Kier alpha value is -3.64. The van der Waals surface area contributed by atoms with Crippen molar-refractivity contribution in [2.75, 3.05) is 13.1 Å². The number of hydrogen-bond acceptors (Lipinski definition) is 6. The number of piperidine rings is 1. The number of aromatic nitrogens is 5. The summed E-state index contributed by atoms with van der Waals surface area (Å²) in [4.78, 5) is 14.9. The summed E-state index contributed by atoms with van der Waals surface area (Å²) >= 11 is 0. The van der Waals surface area contributed by atoms with E-state index in [0.29, 0.717) is 0 Å². The Balaban J connectivity index is 1.28. The van der Waals surface area contributed by atoms with Crippen molar-refractivity contribution in [1.29, 1.82) is 0 Å². The van der Waals surface area contributed by atoms with Crippen LogP contribution in [0.15, 0.2) is 53.8 Å². The zero-order chi connectivity index (χ0) is 27.8. The number of sulfonamides is 1. The molecular formula is C28H30FN7O3S. The molecule has 3 fully saturated rings. The van der Waals surface area contributed by atoms with Gasteiger partial charge in [-0.05, 0) is 73.2 Å². The van der Waals surface area contributed by atoms with Crippen LogP contribution in [0.1, 0.15) is 36.8 Å². The van der Waals surface area contributed by atoms with Gasteiger partial charge in [0.2, 0.25) is 10.9 Å². The van der Waals surface area contributed by atoms with Crippen LogP contribution < -0.4 is 5.32 Å². The molecule has 1 amide bonds. The summed E-state index contributed by atoms with van der Waals surface area (Å²) in [6.45, 7) is 2.43. The van der Waals surface area contributed by atoms with Gasteiger partial charge in [0.05, 0.1) is 29.5 Å². The molecule has 2 aromatic heterocycles. The summed E-state index contributed by atoms with van der Waals surface area (Å²) in [5.41, 5.74) is 2.87. The largest absolute Gasteiger partial charge is 0.353 e. The fraction of sp³-hybridized carbons (Fsp3) is 0.429. The van der Waals surface area contributed by atoms with Gasteiger partial charge in [-0.3, -0.25) is 4.79 Å². The number of carbonyl (C=O) groups is 1. The molecule has 2 saturated carbocycles. The molecule has 1 N–H and O–H groups in total. The zero-order valence-electron chi connectivity index (χ0n) is 22.3. The highest BCUT2D eigenvalue weighted by molar-refractivity contribution is 7.89. The summed E-state index contributed by atoms with van der Waals surface area (Å²) < 4.78 is 43.7. The minimum absolute atomic E-state index is 0.00922. The zero-order valence-corrected chi connectivity index (χ0v) is 23.1. The van der Waals surface area contributed by atoms with Crippen LogP contribution in [-0.4, -0.2) is 62.5 Å². The molecule has 1 saturated heterocycles. The second-order valence-corrected chi connectivity index (χ2v) is 13.2. The molecule has 2 aliphatic carbocycles. The molecule has 3 heterocycles. The fourth-order valence-corrected chi connectivity index (χ4v) is 8.44. The number of fused-ring (bicyclic) bond motifs is 2. The van der Waals surface area contributed by atoms with E-state index in [1.807, 2.05) is 19.1 Å². The summed E-state index contributed by atoms with van der Waals surface area (Å²) in [5.74, 6) is -0.773. The number of benzene rings is 2. The van der Waals surface area contributed by atoms with E-state index in [4.69, 9.17) is 0 Å². The van der Waals surface area contributed by atoms with Crippen LogP contribution >= 0.6 is 0 Å². The first kappa shape index (κ1) is 25.3. The third-order valence-electron chi connectivity index (χ3n) is 9.00. The Kier molecular flexibility index (Phi) is 5.66. The first-order valence-corrected chi connectivity index (χ1v) is 15.0. The molecule has 0 spiro atoms. The van der Waals surface area contributed by atoms with E-state index in [9.17, 15) is 17.6 Å². The van der Waals surface area contributed by atoms with Crippen LogP contribution in [0.5, 0.6) is 0 Å². The Bertz CT molecular complexity index is 1740. The van der Waals surface area contributed by atoms with Gasteiger partial charge in [-0.1, -0.05) is 12.8 Å². The molecule has 1 aliphatic heterocycles. The lowest BCUT2D eigenvalue weighted by molar-refractivity contribution is -0.124. The van der Waals surface area contributed by atoms with Crippen molar-refractivity contribution in [2.45, 2.75) is 49.1 Å². The number of nitrogens with zero attached hydrogens (tertiary/aromatic N) is 6. The van der Waals surface area contributed by atoms with Crippen molar-refractivity contribution in [3.63, 3.8) is 0 Å². The van der Waals surface area contributed by atoms with Gasteiger partial charge in [0, 0.05) is 37.0 Å². The summed E-state index contributed by atoms with van der Waals surface area (Å²) in [6, 6.07) is 10.4. The van der Waals surface area contributed by atoms with Crippen molar-refractivity contribution in [3.05, 3.63) is 65.7 Å². The van der Waals surface area contributed by atoms with Crippen molar-refractivity contribution in [2.24, 2.45) is 18.9 Å². The Morgan fingerprint density at radius 2 is 1.85 bits per heavy atom. The number of nitrogens with one attached hydrogen (secondary N) is 1. The third kappa shape index (κ3) is 3.80. The van der Waals surface area contributed by atoms with Crippen LogP contribution in [0.3, 0.4) is 0 Å². The lowest BCUT2D eigenvalue weighted by atomic mass is 9.88. The van der Waals surface area contributed by atoms with Gasteiger partial charge in [-0.25, -0.2) is 17.5 Å². The predicted octanol–water partition coefficient (Wildman–Crippen LogP) is 2.85. The number of carbonyl (C=O) groups excluding carboxylic acids is 1. The van der Waals surface area contributed by atoms with Gasteiger partial charge in [0.1, 0.15) is 5.82 Å². The van der Waals surface area contributed by atoms with Gasteiger partial charge in [0.25, 0.3) is 10.0 Å². The number of amides is 1. The Morgan fingerprint density at radius 3 is 2.55 bits per heavy atom. The van der Waals surface area contributed by atoms with Gasteiger partial charge in [-0.2, -0.15) is 19.3 Å². The maximum atomic E-state index is 13.6. The fourth-order valence-electron chi connectivity index (χ4n) is 7.04. The smallest absolute Gasteiger partial charge is 0.264 e. The quantitative estimate of drug-likeness (QED) is 0.386. The van der Waals surface area contributed by atoms with E-state index in [-0.39, 0.29) is 47.7 Å². The average Bonchev–Trinajstić information content (AvgIpc) is 3.55. The molecular weight excluding hydrogens is 533 g/mol. The molecule has 3 aliphatic rings. The van der Waals surface area contributed by atoms with E-state index in [1.54, 1.807) is 30.1 Å². The number of hydrogen-bond donors (Lipinski definition) is 1. The molecule has 40 heavy (non-hydrogen) atoms. The normalized spacial score (nSPS) is 25.0. The highest BCUT2D eigenvalue weighted by Gasteiger charge is 2.74. The monoisotopic (exact) mass is 563 g/mol. The lowest BCUT2D eigenvalue weighted by Gasteiger charge is -2.25. The van der Waals surface area contributed by atoms with E-state index in [0.717, 1.165) is 53.4 Å². The second-order valence-electron chi connectivity index (χ2n) is 11.3. The standard InChI is InChI=1S/C28H30FN7O3S/c1-17-11-24-18(13-31-36(24)21-9-7-19(29)8-10-21)12-22(17)28-16-35(40(38,39)25-14-30-34(2)33-25)15-23(28)26(28)27(37)32-20-5-3-4-6-20/h7-14,20,23,26H,3-6,15-16H2,1-2H3,(H,32,37)/t23-,26+,28+/m1/s1. The van der Waals surface area contributed by atoms with Crippen LogP contribution in [0, 0.1) is 24.6 Å². The van der Waals surface area contributed by atoms with Crippen LogP contribution in [-0.2, 0) is 27.3 Å². The predicted molar refractivity (Wildman–Crippen MR) is 145 cm³/mol. The summed E-state index contributed by atoms with van der Waals surface area (Å²) in [5, 5.41) is 16.6. The summed E-state index contributed by atoms with van der Waals surface area (Å²) in [6.07, 6.45) is 7.21. The molecule has 12 heteroatoms. The molecule has 208 valence electrons. The van der Waals surface area contributed by atoms with Gasteiger partial charge < -0.3 is 5.32 Å². The van der Waals surface area contributed by atoms with Crippen molar-refractivity contribution < 1.29 is 17.6 Å². The SMILES string of the molecule is Cc1cc2c(cnn2-c2ccc(F)cc2)cc1[C@@]12CN(S(=O)(=O)c3cnn(C)n3)C[C@@H]1[C@H]2C(=O)NC1CCCC1.